The Kier molecular flexibility index (Phi) is 6.38. The number of amides is 1. The molecule has 10 heteroatoms. The van der Waals surface area contributed by atoms with Gasteiger partial charge >= 0.3 is 0 Å². The first-order chi connectivity index (χ1) is 15.0. The van der Waals surface area contributed by atoms with Crippen molar-refractivity contribution < 1.29 is 22.4 Å². The number of likely N-dealkylation sites (tertiary alicyclic amines) is 1. The number of carbonyl (C=O) groups is 1. The van der Waals surface area contributed by atoms with Gasteiger partial charge < -0.3 is 14.1 Å². The summed E-state index contributed by atoms with van der Waals surface area (Å²) in [6.45, 7) is 1.60. The Bertz CT molecular complexity index is 1190. The van der Waals surface area contributed by atoms with E-state index in [2.05, 4.69) is 9.71 Å². The van der Waals surface area contributed by atoms with Crippen molar-refractivity contribution in [2.45, 2.75) is 29.4 Å². The summed E-state index contributed by atoms with van der Waals surface area (Å²) in [5.41, 5.74) is 1.22. The fraction of sp³-hybridized carbons (Fsp3) is 0.333. The van der Waals surface area contributed by atoms with E-state index in [4.69, 9.17) is 9.15 Å². The van der Waals surface area contributed by atoms with Gasteiger partial charge in [-0.3, -0.25) is 9.52 Å². The molecule has 0 bridgehead atoms. The van der Waals surface area contributed by atoms with Crippen LogP contribution in [0.4, 0.5) is 5.69 Å². The van der Waals surface area contributed by atoms with Crippen LogP contribution in [0.1, 0.15) is 19.3 Å². The van der Waals surface area contributed by atoms with Crippen molar-refractivity contribution in [2.24, 2.45) is 0 Å². The summed E-state index contributed by atoms with van der Waals surface area (Å²) in [6.07, 6.45) is 3.25. The van der Waals surface area contributed by atoms with Crippen molar-refractivity contribution >= 4 is 44.5 Å². The standard InChI is InChI=1S/C21H23N3O5S2/c1-28-18-8-4-3-7-16(18)23-31(26,27)15-9-10-19-17(13-15)22-21(29-19)30-14-20(25)24-11-5-2-6-12-24/h3-4,7-10,13,23H,2,5-6,11-12,14H2,1H3. The Morgan fingerprint density at radius 1 is 1.19 bits per heavy atom. The zero-order chi connectivity index (χ0) is 21.8. The van der Waals surface area contributed by atoms with Crippen LogP contribution in [0.5, 0.6) is 5.75 Å². The minimum Gasteiger partial charge on any atom is -0.495 e. The number of para-hydroxylation sites is 2. The predicted octanol–water partition coefficient (Wildman–Crippen LogP) is 3.74. The SMILES string of the molecule is COc1ccccc1NS(=O)(=O)c1ccc2oc(SCC(=O)N3CCCCC3)nc2c1. The summed E-state index contributed by atoms with van der Waals surface area (Å²) in [5.74, 6) is 0.731. The normalized spacial score (nSPS) is 14.5. The van der Waals surface area contributed by atoms with Gasteiger partial charge in [-0.2, -0.15) is 0 Å². The van der Waals surface area contributed by atoms with E-state index in [1.807, 2.05) is 4.90 Å². The molecule has 1 aliphatic heterocycles. The van der Waals surface area contributed by atoms with Gasteiger partial charge in [0.2, 0.25) is 5.91 Å². The minimum absolute atomic E-state index is 0.0557. The number of aromatic nitrogens is 1. The minimum atomic E-state index is -3.85. The summed E-state index contributed by atoms with van der Waals surface area (Å²) in [7, 11) is -2.37. The first-order valence-electron chi connectivity index (χ1n) is 9.93. The summed E-state index contributed by atoms with van der Waals surface area (Å²) in [5, 5.41) is 0.340. The average molecular weight is 462 g/mol. The van der Waals surface area contributed by atoms with E-state index in [-0.39, 0.29) is 16.6 Å². The number of benzene rings is 2. The maximum atomic E-state index is 12.8. The van der Waals surface area contributed by atoms with Gasteiger partial charge in [0, 0.05) is 13.1 Å². The van der Waals surface area contributed by atoms with E-state index < -0.39 is 10.0 Å². The molecule has 1 fully saturated rings. The van der Waals surface area contributed by atoms with Gasteiger partial charge in [-0.05, 0) is 49.6 Å². The lowest BCUT2D eigenvalue weighted by atomic mass is 10.1. The maximum Gasteiger partial charge on any atom is 0.262 e. The zero-order valence-electron chi connectivity index (χ0n) is 17.0. The van der Waals surface area contributed by atoms with Gasteiger partial charge in [-0.1, -0.05) is 23.9 Å². The Labute approximate surface area is 185 Å². The number of carbonyl (C=O) groups excluding carboxylic acids is 1. The Hall–Kier alpha value is -2.72. The number of hydrogen-bond donors (Lipinski definition) is 1. The molecule has 164 valence electrons. The van der Waals surface area contributed by atoms with E-state index in [0.29, 0.717) is 27.8 Å². The van der Waals surface area contributed by atoms with Crippen LogP contribution in [0.15, 0.2) is 57.0 Å². The second-order valence-corrected chi connectivity index (χ2v) is 9.75. The van der Waals surface area contributed by atoms with Crippen LogP contribution in [0.25, 0.3) is 11.1 Å². The summed E-state index contributed by atoms with van der Waals surface area (Å²) >= 11 is 1.22. The molecule has 1 aromatic heterocycles. The lowest BCUT2D eigenvalue weighted by Crippen LogP contribution is -2.36. The third-order valence-corrected chi connectivity index (χ3v) is 7.20. The van der Waals surface area contributed by atoms with Gasteiger partial charge in [0.15, 0.2) is 5.58 Å². The smallest absolute Gasteiger partial charge is 0.262 e. The number of oxazole rings is 1. The summed E-state index contributed by atoms with van der Waals surface area (Å²) in [6, 6.07) is 11.2. The third-order valence-electron chi connectivity index (χ3n) is 5.03. The van der Waals surface area contributed by atoms with Crippen LogP contribution in [0.3, 0.4) is 0 Å². The molecule has 0 unspecified atom stereocenters. The van der Waals surface area contributed by atoms with Crippen LogP contribution >= 0.6 is 11.8 Å². The first kappa shape index (κ1) is 21.5. The summed E-state index contributed by atoms with van der Waals surface area (Å²) < 4.78 is 39.1. The fourth-order valence-corrected chi connectivity index (χ4v) is 5.24. The molecule has 1 aliphatic rings. The lowest BCUT2D eigenvalue weighted by Gasteiger charge is -2.26. The summed E-state index contributed by atoms with van der Waals surface area (Å²) in [4.78, 5) is 18.6. The lowest BCUT2D eigenvalue weighted by molar-refractivity contribution is -0.129. The number of ether oxygens (including phenoxy) is 1. The highest BCUT2D eigenvalue weighted by Crippen LogP contribution is 2.29. The number of methoxy groups -OCH3 is 1. The first-order valence-corrected chi connectivity index (χ1v) is 12.4. The van der Waals surface area contributed by atoms with Gasteiger partial charge in [0.05, 0.1) is 23.4 Å². The highest BCUT2D eigenvalue weighted by Gasteiger charge is 2.20. The molecule has 1 N–H and O–H groups in total. The average Bonchev–Trinajstić information content (AvgIpc) is 3.20. The van der Waals surface area contributed by atoms with Gasteiger partial charge in [-0.15, -0.1) is 0 Å². The van der Waals surface area contributed by atoms with Crippen LogP contribution in [0, 0.1) is 0 Å². The van der Waals surface area contributed by atoms with Crippen molar-refractivity contribution in [1.29, 1.82) is 0 Å². The quantitative estimate of drug-likeness (QED) is 0.535. The molecule has 31 heavy (non-hydrogen) atoms. The number of anilines is 1. The van der Waals surface area contributed by atoms with Crippen LogP contribution in [0.2, 0.25) is 0 Å². The van der Waals surface area contributed by atoms with Gasteiger partial charge in [0.1, 0.15) is 11.3 Å². The highest BCUT2D eigenvalue weighted by molar-refractivity contribution is 7.99. The van der Waals surface area contributed by atoms with Crippen molar-refractivity contribution in [3.8, 4) is 5.75 Å². The Morgan fingerprint density at radius 3 is 2.74 bits per heavy atom. The number of piperidine rings is 1. The molecule has 0 radical (unpaired) electrons. The molecule has 0 atom stereocenters. The zero-order valence-corrected chi connectivity index (χ0v) is 18.7. The predicted molar refractivity (Wildman–Crippen MR) is 119 cm³/mol. The van der Waals surface area contributed by atoms with Crippen molar-refractivity contribution in [1.82, 2.24) is 9.88 Å². The molecular formula is C21H23N3O5S2. The number of nitrogens with one attached hydrogen (secondary N) is 1. The number of nitrogens with zero attached hydrogens (tertiary/aromatic N) is 2. The van der Waals surface area contributed by atoms with E-state index in [1.165, 1.54) is 37.4 Å². The third kappa shape index (κ3) is 4.96. The molecular weight excluding hydrogens is 438 g/mol. The molecule has 2 aromatic carbocycles. The van der Waals surface area contributed by atoms with Gasteiger partial charge in [0.25, 0.3) is 15.2 Å². The van der Waals surface area contributed by atoms with Gasteiger partial charge in [-0.25, -0.2) is 13.4 Å². The van der Waals surface area contributed by atoms with Crippen molar-refractivity contribution in [3.05, 3.63) is 42.5 Å². The van der Waals surface area contributed by atoms with Crippen LogP contribution in [-0.2, 0) is 14.8 Å². The molecule has 8 nitrogen and oxygen atoms in total. The molecule has 0 saturated carbocycles. The second-order valence-electron chi connectivity index (χ2n) is 7.15. The van der Waals surface area contributed by atoms with E-state index >= 15 is 0 Å². The van der Waals surface area contributed by atoms with E-state index in [1.54, 1.807) is 30.3 Å². The largest absolute Gasteiger partial charge is 0.495 e. The highest BCUT2D eigenvalue weighted by atomic mass is 32.2. The topological polar surface area (TPSA) is 102 Å². The molecule has 0 aliphatic carbocycles. The molecule has 1 saturated heterocycles. The number of fused-ring (bicyclic) bond motifs is 1. The van der Waals surface area contributed by atoms with Crippen LogP contribution in [-0.4, -0.2) is 50.2 Å². The van der Waals surface area contributed by atoms with Crippen molar-refractivity contribution in [3.63, 3.8) is 0 Å². The number of hydrogen-bond acceptors (Lipinski definition) is 7. The van der Waals surface area contributed by atoms with E-state index in [0.717, 1.165) is 25.9 Å². The Balaban J connectivity index is 1.48. The second kappa shape index (κ2) is 9.19. The molecule has 1 amide bonds. The van der Waals surface area contributed by atoms with E-state index in [9.17, 15) is 13.2 Å². The fourth-order valence-electron chi connectivity index (χ4n) is 3.41. The molecule has 0 spiro atoms. The monoisotopic (exact) mass is 461 g/mol. The Morgan fingerprint density at radius 2 is 1.97 bits per heavy atom. The molecule has 2 heterocycles. The number of rotatable bonds is 7. The number of thioether (sulfide) groups is 1. The molecule has 3 aromatic rings. The maximum absolute atomic E-state index is 12.8. The van der Waals surface area contributed by atoms with Crippen molar-refractivity contribution in [2.75, 3.05) is 30.7 Å². The number of sulfonamides is 1. The van der Waals surface area contributed by atoms with Crippen LogP contribution < -0.4 is 9.46 Å². The molecule has 4 rings (SSSR count).